The minimum atomic E-state index is -4.04. The highest BCUT2D eigenvalue weighted by Crippen LogP contribution is 2.21. The molecular weight excluding hydrogens is 542 g/mol. The topological polar surface area (TPSA) is 150 Å². The first-order valence-electron chi connectivity index (χ1n) is 12.7. The number of nitrogens with zero attached hydrogens (tertiary/aromatic N) is 1. The van der Waals surface area contributed by atoms with Gasteiger partial charge in [0.15, 0.2) is 0 Å². The molecule has 12 heteroatoms. The number of hydrogen-bond donors (Lipinski definition) is 3. The second-order valence-corrected chi connectivity index (χ2v) is 14.4. The summed E-state index contributed by atoms with van der Waals surface area (Å²) in [7, 11) is -7.45. The normalized spacial score (nSPS) is 14.6. The van der Waals surface area contributed by atoms with Crippen LogP contribution in [-0.2, 0) is 35.9 Å². The van der Waals surface area contributed by atoms with Crippen molar-refractivity contribution in [3.8, 4) is 0 Å². The highest BCUT2D eigenvalue weighted by atomic mass is 32.2. The van der Waals surface area contributed by atoms with Gasteiger partial charge in [0.2, 0.25) is 21.8 Å². The summed E-state index contributed by atoms with van der Waals surface area (Å²) in [5.41, 5.74) is 1.26. The molecule has 0 radical (unpaired) electrons. The van der Waals surface area contributed by atoms with Crippen molar-refractivity contribution in [2.45, 2.75) is 51.2 Å². The van der Waals surface area contributed by atoms with Crippen LogP contribution in [0.4, 0.5) is 5.69 Å². The molecule has 0 aliphatic heterocycles. The summed E-state index contributed by atoms with van der Waals surface area (Å²) in [6.45, 7) is 6.36. The third-order valence-electron chi connectivity index (χ3n) is 5.86. The van der Waals surface area contributed by atoms with E-state index in [2.05, 4.69) is 10.6 Å². The van der Waals surface area contributed by atoms with Crippen LogP contribution in [-0.4, -0.2) is 75.3 Å². The third kappa shape index (κ3) is 10.7. The van der Waals surface area contributed by atoms with E-state index in [1.165, 1.54) is 42.4 Å². The quantitative estimate of drug-likeness (QED) is 0.309. The van der Waals surface area contributed by atoms with Gasteiger partial charge in [0.1, 0.15) is 9.84 Å². The maximum Gasteiger partial charge on any atom is 0.243 e. The van der Waals surface area contributed by atoms with Crippen molar-refractivity contribution in [3.63, 3.8) is 0 Å². The second-order valence-electron chi connectivity index (χ2n) is 10.3. The highest BCUT2D eigenvalue weighted by Gasteiger charge is 2.32. The molecule has 0 spiro atoms. The lowest BCUT2D eigenvalue weighted by Gasteiger charge is -2.31. The molecule has 0 aliphatic rings. The van der Waals surface area contributed by atoms with Gasteiger partial charge >= 0.3 is 0 Å². The van der Waals surface area contributed by atoms with Crippen LogP contribution in [0.25, 0.3) is 0 Å². The fourth-order valence-corrected chi connectivity index (χ4v) is 6.76. The predicted molar refractivity (Wildman–Crippen MR) is 151 cm³/mol. The van der Waals surface area contributed by atoms with Crippen LogP contribution in [0.2, 0.25) is 0 Å². The molecule has 0 aliphatic carbocycles. The fraction of sp³-hybridized carbons (Fsp3) is 0.481. The number of sulfonamides is 1. The van der Waals surface area contributed by atoms with E-state index >= 15 is 0 Å². The molecule has 2 aromatic carbocycles. The van der Waals surface area contributed by atoms with E-state index in [-0.39, 0.29) is 42.0 Å². The first-order valence-corrected chi connectivity index (χ1v) is 16.2. The SMILES string of the molecule is CC(=O)Nc1ccc(S(=O)(=O)N(CC(C)C)CC(O)C(Cc2ccccc2)NC(=O)C(C)CS(C)(=O)=O)cc1. The molecule has 216 valence electrons. The number of aliphatic hydroxyl groups is 1. The van der Waals surface area contributed by atoms with E-state index in [1.807, 2.05) is 44.2 Å². The molecule has 3 N–H and O–H groups in total. The van der Waals surface area contributed by atoms with Gasteiger partial charge in [-0.3, -0.25) is 9.59 Å². The zero-order chi connectivity index (χ0) is 29.4. The number of sulfone groups is 1. The van der Waals surface area contributed by atoms with Crippen LogP contribution >= 0.6 is 0 Å². The van der Waals surface area contributed by atoms with Gasteiger partial charge in [0, 0.05) is 37.9 Å². The van der Waals surface area contributed by atoms with Crippen molar-refractivity contribution < 1.29 is 31.5 Å². The Morgan fingerprint density at radius 2 is 1.51 bits per heavy atom. The van der Waals surface area contributed by atoms with E-state index < -0.39 is 43.8 Å². The Hall–Kier alpha value is -2.80. The minimum absolute atomic E-state index is 0.00475. The van der Waals surface area contributed by atoms with Crippen molar-refractivity contribution in [2.75, 3.05) is 30.4 Å². The Morgan fingerprint density at radius 1 is 0.923 bits per heavy atom. The molecule has 0 bridgehead atoms. The molecule has 0 aromatic heterocycles. The van der Waals surface area contributed by atoms with Gasteiger partial charge in [-0.25, -0.2) is 16.8 Å². The van der Waals surface area contributed by atoms with Gasteiger partial charge in [-0.05, 0) is 42.2 Å². The summed E-state index contributed by atoms with van der Waals surface area (Å²) < 4.78 is 51.7. The molecule has 0 fully saturated rings. The number of aliphatic hydroxyl groups excluding tert-OH is 1. The largest absolute Gasteiger partial charge is 0.390 e. The van der Waals surface area contributed by atoms with Gasteiger partial charge in [-0.2, -0.15) is 4.31 Å². The van der Waals surface area contributed by atoms with E-state index in [4.69, 9.17) is 0 Å². The summed E-state index contributed by atoms with van der Waals surface area (Å²) in [5.74, 6) is -2.11. The average Bonchev–Trinajstić information content (AvgIpc) is 2.82. The van der Waals surface area contributed by atoms with E-state index in [9.17, 15) is 31.5 Å². The van der Waals surface area contributed by atoms with Gasteiger partial charge in [0.25, 0.3) is 0 Å². The molecule has 0 saturated carbocycles. The zero-order valence-corrected chi connectivity index (χ0v) is 24.6. The Balaban J connectivity index is 2.34. The van der Waals surface area contributed by atoms with Crippen molar-refractivity contribution in [1.82, 2.24) is 9.62 Å². The number of carbonyl (C=O) groups is 2. The van der Waals surface area contributed by atoms with E-state index in [0.717, 1.165) is 11.8 Å². The smallest absolute Gasteiger partial charge is 0.243 e. The summed E-state index contributed by atoms with van der Waals surface area (Å²) in [5, 5.41) is 16.6. The van der Waals surface area contributed by atoms with Gasteiger partial charge in [-0.1, -0.05) is 51.1 Å². The fourth-order valence-electron chi connectivity index (χ4n) is 4.08. The zero-order valence-electron chi connectivity index (χ0n) is 23.0. The summed E-state index contributed by atoms with van der Waals surface area (Å²) in [4.78, 5) is 24.2. The van der Waals surface area contributed by atoms with Crippen molar-refractivity contribution in [3.05, 3.63) is 60.2 Å². The molecule has 0 saturated heterocycles. The number of hydrogen-bond acceptors (Lipinski definition) is 7. The lowest BCUT2D eigenvalue weighted by atomic mass is 10.00. The maximum absolute atomic E-state index is 13.6. The van der Waals surface area contributed by atoms with Crippen molar-refractivity contribution >= 4 is 37.4 Å². The Labute approximate surface area is 231 Å². The molecule has 0 heterocycles. The van der Waals surface area contributed by atoms with E-state index in [0.29, 0.717) is 5.69 Å². The molecule has 3 atom stereocenters. The number of nitrogens with one attached hydrogen (secondary N) is 2. The predicted octanol–water partition coefficient (Wildman–Crippen LogP) is 2.06. The molecule has 39 heavy (non-hydrogen) atoms. The van der Waals surface area contributed by atoms with Crippen LogP contribution in [0.3, 0.4) is 0 Å². The standard InChI is InChI=1S/C27H39N3O7S2/c1-19(2)16-30(39(36,37)24-13-11-23(12-14-24)28-21(4)31)17-26(32)25(15-22-9-7-6-8-10-22)29-27(33)20(3)18-38(5,34)35/h6-14,19-20,25-26,32H,15-18H2,1-5H3,(H,28,31)(H,29,33). The minimum Gasteiger partial charge on any atom is -0.390 e. The number of amides is 2. The second kappa shape index (κ2) is 14.0. The lowest BCUT2D eigenvalue weighted by molar-refractivity contribution is -0.125. The molecule has 3 unspecified atom stereocenters. The lowest BCUT2D eigenvalue weighted by Crippen LogP contribution is -2.52. The van der Waals surface area contributed by atoms with Gasteiger partial charge < -0.3 is 15.7 Å². The van der Waals surface area contributed by atoms with Crippen molar-refractivity contribution in [1.29, 1.82) is 0 Å². The van der Waals surface area contributed by atoms with Crippen LogP contribution in [0.5, 0.6) is 0 Å². The molecule has 2 amide bonds. The molecule has 2 aromatic rings. The number of carbonyl (C=O) groups excluding carboxylic acids is 2. The molecule has 10 nitrogen and oxygen atoms in total. The highest BCUT2D eigenvalue weighted by molar-refractivity contribution is 7.90. The number of anilines is 1. The maximum atomic E-state index is 13.6. The summed E-state index contributed by atoms with van der Waals surface area (Å²) in [6.07, 6.45) is -0.0446. The monoisotopic (exact) mass is 581 g/mol. The number of benzene rings is 2. The van der Waals surface area contributed by atoms with Gasteiger partial charge in [-0.15, -0.1) is 0 Å². The Kier molecular flexibility index (Phi) is 11.6. The van der Waals surface area contributed by atoms with Crippen LogP contribution in [0.15, 0.2) is 59.5 Å². The van der Waals surface area contributed by atoms with Crippen molar-refractivity contribution in [2.24, 2.45) is 11.8 Å². The van der Waals surface area contributed by atoms with Crippen LogP contribution < -0.4 is 10.6 Å². The van der Waals surface area contributed by atoms with Crippen LogP contribution in [0.1, 0.15) is 33.3 Å². The molecular formula is C27H39N3O7S2. The molecule has 2 rings (SSSR count). The van der Waals surface area contributed by atoms with Crippen LogP contribution in [0, 0.1) is 11.8 Å². The first-order chi connectivity index (χ1) is 18.1. The Bertz CT molecular complexity index is 1310. The summed E-state index contributed by atoms with van der Waals surface area (Å²) >= 11 is 0. The van der Waals surface area contributed by atoms with Gasteiger partial charge in [0.05, 0.1) is 22.8 Å². The first kappa shape index (κ1) is 32.4. The van der Waals surface area contributed by atoms with E-state index in [1.54, 1.807) is 0 Å². The Morgan fingerprint density at radius 3 is 2.03 bits per heavy atom. The third-order valence-corrected chi connectivity index (χ3v) is 8.81. The summed E-state index contributed by atoms with van der Waals surface area (Å²) in [6, 6.07) is 14.0. The number of rotatable bonds is 14. The average molecular weight is 582 g/mol.